The van der Waals surface area contributed by atoms with Crippen LogP contribution in [0.4, 0.5) is 5.69 Å². The van der Waals surface area contributed by atoms with E-state index in [0.717, 1.165) is 70.0 Å². The fourth-order valence-electron chi connectivity index (χ4n) is 6.16. The number of anilines is 1. The summed E-state index contributed by atoms with van der Waals surface area (Å²) < 4.78 is 1.83. The highest BCUT2D eigenvalue weighted by Crippen LogP contribution is 2.33. The van der Waals surface area contributed by atoms with Crippen LogP contribution in [0.15, 0.2) is 48.5 Å². The largest absolute Gasteiger partial charge is 0.337 e. The van der Waals surface area contributed by atoms with Crippen LogP contribution in [0.3, 0.4) is 0 Å². The summed E-state index contributed by atoms with van der Waals surface area (Å²) in [7, 11) is 1.85. The molecular weight excluding hydrogens is 540 g/mol. The van der Waals surface area contributed by atoms with E-state index in [1.165, 1.54) is 0 Å². The zero-order valence-corrected chi connectivity index (χ0v) is 25.1. The number of nitrogens with one attached hydrogen (secondary N) is 2. The van der Waals surface area contributed by atoms with Crippen molar-refractivity contribution in [3.63, 3.8) is 0 Å². The number of hydrogen-bond acceptors (Lipinski definition) is 6. The summed E-state index contributed by atoms with van der Waals surface area (Å²) in [5.41, 5.74) is 10.0. The number of imidazole rings is 1. The lowest BCUT2D eigenvalue weighted by Gasteiger charge is -2.25. The number of benzene rings is 2. The lowest BCUT2D eigenvalue weighted by Crippen LogP contribution is -2.34. The first-order chi connectivity index (χ1) is 20.7. The molecule has 0 bridgehead atoms. The minimum atomic E-state index is -0.295. The third-order valence-corrected chi connectivity index (χ3v) is 8.78. The molecule has 220 valence electrons. The summed E-state index contributed by atoms with van der Waals surface area (Å²) in [5, 5.41) is 6.40. The Bertz CT molecular complexity index is 1770. The van der Waals surface area contributed by atoms with E-state index < -0.39 is 0 Å². The van der Waals surface area contributed by atoms with Gasteiger partial charge in [0.05, 0.1) is 12.2 Å². The number of ketones is 1. The van der Waals surface area contributed by atoms with Crippen molar-refractivity contribution in [3.05, 3.63) is 99.4 Å². The Labute approximate surface area is 251 Å². The first-order valence-corrected chi connectivity index (χ1v) is 14.7. The van der Waals surface area contributed by atoms with E-state index >= 15 is 0 Å². The molecule has 0 spiro atoms. The van der Waals surface area contributed by atoms with E-state index in [1.807, 2.05) is 67.9 Å². The van der Waals surface area contributed by atoms with Gasteiger partial charge in [0.15, 0.2) is 11.6 Å². The predicted molar refractivity (Wildman–Crippen MR) is 165 cm³/mol. The SMILES string of the molecule is CC(=O)N1CCc2c(nc(C(=O)Nc3cccc(-c4cccc(CC(=O)c5ccc6c(n5)CCNC6)c4C)c3C)n2C)C1. The lowest BCUT2D eigenvalue weighted by atomic mass is 9.91. The Morgan fingerprint density at radius 1 is 0.930 bits per heavy atom. The number of nitrogens with zero attached hydrogens (tertiary/aromatic N) is 4. The van der Waals surface area contributed by atoms with Crippen LogP contribution in [-0.4, -0.2) is 50.1 Å². The number of fused-ring (bicyclic) bond motifs is 2. The normalized spacial score (nSPS) is 14.2. The molecule has 0 saturated heterocycles. The molecule has 0 fully saturated rings. The number of amides is 2. The molecule has 9 nitrogen and oxygen atoms in total. The summed E-state index contributed by atoms with van der Waals surface area (Å²) in [4.78, 5) is 49.6. The molecule has 6 rings (SSSR count). The van der Waals surface area contributed by atoms with Gasteiger partial charge in [-0.1, -0.05) is 36.4 Å². The Morgan fingerprint density at radius 2 is 1.70 bits per heavy atom. The van der Waals surface area contributed by atoms with Crippen LogP contribution in [0.2, 0.25) is 0 Å². The molecule has 2 aromatic heterocycles. The highest BCUT2D eigenvalue weighted by molar-refractivity contribution is 6.03. The van der Waals surface area contributed by atoms with Gasteiger partial charge in [0.1, 0.15) is 5.69 Å². The van der Waals surface area contributed by atoms with E-state index in [1.54, 1.807) is 11.8 Å². The highest BCUT2D eigenvalue weighted by atomic mass is 16.2. The van der Waals surface area contributed by atoms with Crippen LogP contribution in [0, 0.1) is 13.8 Å². The number of rotatable bonds is 6. The van der Waals surface area contributed by atoms with E-state index in [-0.39, 0.29) is 24.0 Å². The van der Waals surface area contributed by atoms with Crippen molar-refractivity contribution in [1.29, 1.82) is 0 Å². The third-order valence-electron chi connectivity index (χ3n) is 8.78. The first-order valence-electron chi connectivity index (χ1n) is 14.7. The first kappa shape index (κ1) is 28.5. The standard InChI is InChI=1S/C34H36N6O3/c1-20-23(17-32(42)29-12-11-24-18-35-15-13-28(24)36-29)7-5-8-25(20)26-9-6-10-27(21(26)2)38-34(43)33-37-30-19-40(22(3)41)16-14-31(30)39(33)4/h5-12,35H,13-19H2,1-4H3,(H,38,43). The minimum absolute atomic E-state index is 0.00325. The number of carbonyl (C=O) groups excluding carboxylic acids is 3. The number of hydrogen-bond donors (Lipinski definition) is 2. The van der Waals surface area contributed by atoms with Gasteiger partial charge in [0.2, 0.25) is 5.91 Å². The fourth-order valence-corrected chi connectivity index (χ4v) is 6.16. The predicted octanol–water partition coefficient (Wildman–Crippen LogP) is 4.33. The molecule has 2 aromatic carbocycles. The number of Topliss-reactive ketones (excluding diaryl/α,β-unsaturated/α-hetero) is 1. The molecule has 4 heterocycles. The van der Waals surface area contributed by atoms with E-state index in [9.17, 15) is 14.4 Å². The zero-order chi connectivity index (χ0) is 30.2. The molecule has 0 saturated carbocycles. The van der Waals surface area contributed by atoms with Crippen LogP contribution in [-0.2, 0) is 44.2 Å². The Kier molecular flexibility index (Phi) is 7.66. The maximum Gasteiger partial charge on any atom is 0.291 e. The molecule has 9 heteroatoms. The van der Waals surface area contributed by atoms with Crippen LogP contribution < -0.4 is 10.6 Å². The summed E-state index contributed by atoms with van der Waals surface area (Å²) in [5.74, 6) is 0.0369. The van der Waals surface area contributed by atoms with E-state index in [4.69, 9.17) is 0 Å². The van der Waals surface area contributed by atoms with Gasteiger partial charge in [0, 0.05) is 69.9 Å². The molecule has 0 aliphatic carbocycles. The molecule has 0 atom stereocenters. The van der Waals surface area contributed by atoms with E-state index in [0.29, 0.717) is 36.7 Å². The van der Waals surface area contributed by atoms with Crippen LogP contribution in [0.1, 0.15) is 67.4 Å². The molecule has 0 unspecified atom stereocenters. The van der Waals surface area contributed by atoms with Crippen LogP contribution in [0.25, 0.3) is 11.1 Å². The Hall–Kier alpha value is -4.63. The number of pyridine rings is 1. The molecule has 0 radical (unpaired) electrons. The topological polar surface area (TPSA) is 109 Å². The summed E-state index contributed by atoms with van der Waals surface area (Å²) in [6.45, 7) is 8.28. The maximum absolute atomic E-state index is 13.4. The third kappa shape index (κ3) is 5.48. The van der Waals surface area contributed by atoms with Crippen molar-refractivity contribution in [1.82, 2.24) is 24.8 Å². The van der Waals surface area contributed by atoms with Crippen molar-refractivity contribution in [3.8, 4) is 11.1 Å². The van der Waals surface area contributed by atoms with E-state index in [2.05, 4.69) is 26.7 Å². The molecule has 2 aliphatic rings. The number of carbonyl (C=O) groups is 3. The minimum Gasteiger partial charge on any atom is -0.337 e. The number of aromatic nitrogens is 3. The summed E-state index contributed by atoms with van der Waals surface area (Å²) in [6.07, 6.45) is 1.76. The van der Waals surface area contributed by atoms with Crippen molar-refractivity contribution < 1.29 is 14.4 Å². The molecule has 2 aliphatic heterocycles. The average molecular weight is 577 g/mol. The molecule has 2 N–H and O–H groups in total. The van der Waals surface area contributed by atoms with Gasteiger partial charge >= 0.3 is 0 Å². The van der Waals surface area contributed by atoms with Gasteiger partial charge in [-0.05, 0) is 59.4 Å². The fraction of sp³-hybridized carbons (Fsp3) is 0.324. The van der Waals surface area contributed by atoms with Crippen molar-refractivity contribution in [2.75, 3.05) is 18.4 Å². The van der Waals surface area contributed by atoms with Crippen molar-refractivity contribution in [2.45, 2.75) is 53.1 Å². The van der Waals surface area contributed by atoms with Gasteiger partial charge in [-0.2, -0.15) is 0 Å². The van der Waals surface area contributed by atoms with Gasteiger partial charge < -0.3 is 20.1 Å². The van der Waals surface area contributed by atoms with Crippen LogP contribution in [0.5, 0.6) is 0 Å². The second-order valence-corrected chi connectivity index (χ2v) is 11.4. The Balaban J connectivity index is 1.23. The smallest absolute Gasteiger partial charge is 0.291 e. The van der Waals surface area contributed by atoms with Gasteiger partial charge in [-0.3, -0.25) is 14.4 Å². The van der Waals surface area contributed by atoms with Crippen LogP contribution >= 0.6 is 0 Å². The molecule has 4 aromatic rings. The quantitative estimate of drug-likeness (QED) is 0.331. The second-order valence-electron chi connectivity index (χ2n) is 11.4. The zero-order valence-electron chi connectivity index (χ0n) is 25.1. The van der Waals surface area contributed by atoms with Gasteiger partial charge in [-0.25, -0.2) is 9.97 Å². The monoisotopic (exact) mass is 576 g/mol. The molecular formula is C34H36N6O3. The molecule has 2 amide bonds. The lowest BCUT2D eigenvalue weighted by molar-refractivity contribution is -0.129. The maximum atomic E-state index is 13.4. The summed E-state index contributed by atoms with van der Waals surface area (Å²) >= 11 is 0. The molecule has 43 heavy (non-hydrogen) atoms. The van der Waals surface area contributed by atoms with Gasteiger partial charge in [0.25, 0.3) is 5.91 Å². The second kappa shape index (κ2) is 11.6. The van der Waals surface area contributed by atoms with Gasteiger partial charge in [-0.15, -0.1) is 0 Å². The highest BCUT2D eigenvalue weighted by Gasteiger charge is 2.27. The summed E-state index contributed by atoms with van der Waals surface area (Å²) in [6, 6.07) is 15.7. The van der Waals surface area contributed by atoms with Crippen molar-refractivity contribution in [2.24, 2.45) is 7.05 Å². The Morgan fingerprint density at radius 3 is 2.49 bits per heavy atom. The average Bonchev–Trinajstić information content (AvgIpc) is 3.34. The van der Waals surface area contributed by atoms with Crippen molar-refractivity contribution >= 4 is 23.3 Å².